The van der Waals surface area contributed by atoms with Gasteiger partial charge in [0.15, 0.2) is 0 Å². The fraction of sp³-hybridized carbons (Fsp3) is 0.625. The van der Waals surface area contributed by atoms with E-state index in [9.17, 15) is 8.42 Å². The van der Waals surface area contributed by atoms with Crippen LogP contribution >= 0.6 is 0 Å². The fourth-order valence-corrected chi connectivity index (χ4v) is 4.17. The predicted octanol–water partition coefficient (Wildman–Crippen LogP) is 1.91. The van der Waals surface area contributed by atoms with Crippen LogP contribution < -0.4 is 9.77 Å². The average molecular weight is 337 g/mol. The van der Waals surface area contributed by atoms with Gasteiger partial charge in [-0.2, -0.15) is 0 Å². The monoisotopic (exact) mass is 337 g/mol. The summed E-state index contributed by atoms with van der Waals surface area (Å²) in [5, 5.41) is -0.229. The first kappa shape index (κ1) is 16.8. The molecule has 0 aromatic heterocycles. The summed E-state index contributed by atoms with van der Waals surface area (Å²) in [6.07, 6.45) is 1.51. The van der Waals surface area contributed by atoms with Gasteiger partial charge in [0, 0.05) is 7.05 Å². The molecule has 7 heteroatoms. The third-order valence-corrected chi connectivity index (χ3v) is 7.37. The summed E-state index contributed by atoms with van der Waals surface area (Å²) in [6, 6.07) is 7.38. The van der Waals surface area contributed by atoms with Gasteiger partial charge < -0.3 is 9.31 Å². The van der Waals surface area contributed by atoms with Gasteiger partial charge in [0.05, 0.1) is 22.1 Å². The van der Waals surface area contributed by atoms with Gasteiger partial charge in [-0.15, -0.1) is 0 Å². The lowest BCUT2D eigenvalue weighted by molar-refractivity contribution is 0.00578. The Bertz CT molecular complexity index is 697. The fourth-order valence-electron chi connectivity index (χ4n) is 2.58. The largest absolute Gasteiger partial charge is 0.494 e. The summed E-state index contributed by atoms with van der Waals surface area (Å²) in [6.45, 7) is 8.00. The quantitative estimate of drug-likeness (QED) is 0.788. The number of sulfonamides is 1. The molecule has 1 aliphatic heterocycles. The molecule has 1 heterocycles. The van der Waals surface area contributed by atoms with Crippen molar-refractivity contribution in [3.8, 4) is 0 Å². The van der Waals surface area contributed by atoms with Crippen LogP contribution in [0.25, 0.3) is 0 Å². The van der Waals surface area contributed by atoms with E-state index in [-0.39, 0.29) is 5.25 Å². The normalized spacial score (nSPS) is 23.1. The van der Waals surface area contributed by atoms with Crippen molar-refractivity contribution in [2.45, 2.75) is 57.0 Å². The Kier molecular flexibility index (Phi) is 3.82. The van der Waals surface area contributed by atoms with Crippen LogP contribution in [0.5, 0.6) is 0 Å². The molecule has 2 fully saturated rings. The van der Waals surface area contributed by atoms with Crippen molar-refractivity contribution >= 4 is 28.3 Å². The number of nitrogens with zero attached hydrogens (tertiary/aromatic N) is 1. The zero-order valence-electron chi connectivity index (χ0n) is 14.4. The van der Waals surface area contributed by atoms with Crippen LogP contribution in [0.1, 0.15) is 40.5 Å². The third-order valence-electron chi connectivity index (χ3n) is 5.09. The lowest BCUT2D eigenvalue weighted by Crippen LogP contribution is -2.41. The molecule has 126 valence electrons. The van der Waals surface area contributed by atoms with Gasteiger partial charge in [-0.25, -0.2) is 8.42 Å². The van der Waals surface area contributed by atoms with Crippen LogP contribution in [-0.4, -0.2) is 39.0 Å². The van der Waals surface area contributed by atoms with Crippen molar-refractivity contribution in [2.24, 2.45) is 0 Å². The molecule has 5 nitrogen and oxygen atoms in total. The highest BCUT2D eigenvalue weighted by atomic mass is 32.2. The van der Waals surface area contributed by atoms with Crippen LogP contribution in [0, 0.1) is 0 Å². The van der Waals surface area contributed by atoms with Gasteiger partial charge >= 0.3 is 7.12 Å². The minimum absolute atomic E-state index is 0.229. The first-order valence-electron chi connectivity index (χ1n) is 7.98. The molecule has 1 saturated carbocycles. The Morgan fingerprint density at radius 1 is 1.13 bits per heavy atom. The van der Waals surface area contributed by atoms with Crippen molar-refractivity contribution in [3.05, 3.63) is 24.3 Å². The summed E-state index contributed by atoms with van der Waals surface area (Å²) in [4.78, 5) is 0. The molecule has 0 atom stereocenters. The molecule has 1 aromatic carbocycles. The van der Waals surface area contributed by atoms with Crippen LogP contribution in [0.3, 0.4) is 0 Å². The Morgan fingerprint density at radius 3 is 2.22 bits per heavy atom. The second kappa shape index (κ2) is 5.23. The highest BCUT2D eigenvalue weighted by Gasteiger charge is 2.51. The number of anilines is 1. The number of hydrogen-bond donors (Lipinski definition) is 0. The second-order valence-electron chi connectivity index (χ2n) is 7.40. The molecule has 0 spiro atoms. The maximum absolute atomic E-state index is 12.4. The van der Waals surface area contributed by atoms with Gasteiger partial charge in [-0.05, 0) is 58.1 Å². The summed E-state index contributed by atoms with van der Waals surface area (Å²) < 4.78 is 38.2. The first-order chi connectivity index (χ1) is 10.5. The van der Waals surface area contributed by atoms with E-state index in [0.29, 0.717) is 5.69 Å². The van der Waals surface area contributed by atoms with Crippen LogP contribution in [0.2, 0.25) is 0 Å². The van der Waals surface area contributed by atoms with Gasteiger partial charge in [0.2, 0.25) is 10.0 Å². The van der Waals surface area contributed by atoms with Gasteiger partial charge in [-0.3, -0.25) is 4.31 Å². The maximum atomic E-state index is 12.4. The molecule has 1 aromatic rings. The van der Waals surface area contributed by atoms with Crippen molar-refractivity contribution in [3.63, 3.8) is 0 Å². The highest BCUT2D eigenvalue weighted by Crippen LogP contribution is 2.37. The smallest absolute Gasteiger partial charge is 0.399 e. The summed E-state index contributed by atoms with van der Waals surface area (Å²) in [7, 11) is -2.13. The van der Waals surface area contributed by atoms with E-state index in [1.807, 2.05) is 45.9 Å². The Labute approximate surface area is 139 Å². The predicted molar refractivity (Wildman–Crippen MR) is 92.5 cm³/mol. The SMILES string of the molecule is CN(c1cccc(B2OC(C)(C)C(C)(C)O2)c1)S(=O)(=O)C1CC1. The van der Waals surface area contributed by atoms with E-state index < -0.39 is 28.3 Å². The first-order valence-corrected chi connectivity index (χ1v) is 9.48. The molecular weight excluding hydrogens is 313 g/mol. The Morgan fingerprint density at radius 2 is 1.70 bits per heavy atom. The minimum atomic E-state index is -3.25. The Hall–Kier alpha value is -1.05. The molecule has 0 radical (unpaired) electrons. The van der Waals surface area contributed by atoms with E-state index in [2.05, 4.69) is 0 Å². The van der Waals surface area contributed by atoms with Crippen LogP contribution in [0.4, 0.5) is 5.69 Å². The van der Waals surface area contributed by atoms with Crippen molar-refractivity contribution in [2.75, 3.05) is 11.4 Å². The Balaban J connectivity index is 1.87. The van der Waals surface area contributed by atoms with E-state index in [0.717, 1.165) is 18.3 Å². The zero-order chi connectivity index (χ0) is 17.0. The lowest BCUT2D eigenvalue weighted by atomic mass is 9.79. The topological polar surface area (TPSA) is 55.8 Å². The average Bonchev–Trinajstić information content (AvgIpc) is 3.27. The van der Waals surface area contributed by atoms with Crippen LogP contribution in [-0.2, 0) is 19.3 Å². The standard InChI is InChI=1S/C16H24BNO4S/c1-15(2)16(3,4)22-17(21-15)12-7-6-8-13(11-12)18(5)23(19,20)14-9-10-14/h6-8,11,14H,9-10H2,1-5H3. The molecule has 3 rings (SSSR count). The molecule has 1 saturated heterocycles. The van der Waals surface area contributed by atoms with E-state index in [1.165, 1.54) is 4.31 Å². The van der Waals surface area contributed by atoms with Gasteiger partial charge in [0.25, 0.3) is 0 Å². The number of rotatable bonds is 4. The highest BCUT2D eigenvalue weighted by molar-refractivity contribution is 7.93. The van der Waals surface area contributed by atoms with E-state index in [4.69, 9.17) is 9.31 Å². The maximum Gasteiger partial charge on any atom is 0.494 e. The summed E-state index contributed by atoms with van der Waals surface area (Å²) >= 11 is 0. The van der Waals surface area contributed by atoms with Gasteiger partial charge in [-0.1, -0.05) is 12.1 Å². The number of hydrogen-bond acceptors (Lipinski definition) is 4. The molecule has 0 bridgehead atoms. The van der Waals surface area contributed by atoms with Crippen LogP contribution in [0.15, 0.2) is 24.3 Å². The van der Waals surface area contributed by atoms with Crippen molar-refractivity contribution in [1.82, 2.24) is 0 Å². The molecule has 23 heavy (non-hydrogen) atoms. The van der Waals surface area contributed by atoms with Gasteiger partial charge in [0.1, 0.15) is 0 Å². The lowest BCUT2D eigenvalue weighted by Gasteiger charge is -2.32. The molecule has 1 aliphatic carbocycles. The van der Waals surface area contributed by atoms with Crippen molar-refractivity contribution < 1.29 is 17.7 Å². The molecule has 0 unspecified atom stereocenters. The second-order valence-corrected chi connectivity index (χ2v) is 9.64. The molecule has 2 aliphatic rings. The third kappa shape index (κ3) is 2.90. The summed E-state index contributed by atoms with van der Waals surface area (Å²) in [5.74, 6) is 0. The van der Waals surface area contributed by atoms with Crippen molar-refractivity contribution in [1.29, 1.82) is 0 Å². The molecule has 0 N–H and O–H groups in total. The number of benzene rings is 1. The van der Waals surface area contributed by atoms with E-state index in [1.54, 1.807) is 13.1 Å². The van der Waals surface area contributed by atoms with E-state index >= 15 is 0 Å². The minimum Gasteiger partial charge on any atom is -0.399 e. The summed E-state index contributed by atoms with van der Waals surface area (Å²) in [5.41, 5.74) is 0.641. The zero-order valence-corrected chi connectivity index (χ0v) is 15.2. The molecule has 0 amide bonds. The molecular formula is C16H24BNO4S.